The van der Waals surface area contributed by atoms with Crippen LogP contribution in [0.5, 0.6) is 0 Å². The van der Waals surface area contributed by atoms with Crippen LogP contribution in [-0.2, 0) is 11.2 Å². The van der Waals surface area contributed by atoms with Crippen LogP contribution >= 0.6 is 11.3 Å². The summed E-state index contributed by atoms with van der Waals surface area (Å²) in [6.45, 7) is 0.195. The Morgan fingerprint density at radius 3 is 2.79 bits per heavy atom. The van der Waals surface area contributed by atoms with Gasteiger partial charge in [-0.15, -0.1) is 11.3 Å². The minimum Gasteiger partial charge on any atom is -0.395 e. The molecule has 1 aromatic heterocycles. The Labute approximate surface area is 145 Å². The van der Waals surface area contributed by atoms with E-state index >= 15 is 0 Å². The van der Waals surface area contributed by atoms with Crippen molar-refractivity contribution < 1.29 is 14.7 Å². The molecular weight excluding hydrogens is 324 g/mol. The summed E-state index contributed by atoms with van der Waals surface area (Å²) in [6, 6.07) is 10.9. The lowest BCUT2D eigenvalue weighted by molar-refractivity contribution is -0.116. The number of amides is 2. The molecule has 1 aromatic carbocycles. The molecule has 0 bridgehead atoms. The third kappa shape index (κ3) is 5.47. The van der Waals surface area contributed by atoms with Gasteiger partial charge in [0, 0.05) is 36.1 Å². The van der Waals surface area contributed by atoms with Crippen LogP contribution in [0.3, 0.4) is 0 Å². The van der Waals surface area contributed by atoms with E-state index in [4.69, 9.17) is 5.11 Å². The van der Waals surface area contributed by atoms with Crippen molar-refractivity contribution in [3.8, 4) is 0 Å². The highest BCUT2D eigenvalue weighted by molar-refractivity contribution is 7.09. The summed E-state index contributed by atoms with van der Waals surface area (Å²) < 4.78 is 0. The number of aliphatic hydroxyl groups excluding tert-OH is 1. The van der Waals surface area contributed by atoms with Gasteiger partial charge in [-0.2, -0.15) is 0 Å². The van der Waals surface area contributed by atoms with E-state index in [1.807, 2.05) is 11.4 Å². The van der Waals surface area contributed by atoms with E-state index in [9.17, 15) is 9.59 Å². The van der Waals surface area contributed by atoms with Crippen molar-refractivity contribution in [2.45, 2.75) is 19.3 Å². The fraction of sp³-hybridized carbons (Fsp3) is 0.333. The Balaban J connectivity index is 1.86. The number of rotatable bonds is 8. The molecule has 2 rings (SSSR count). The maximum Gasteiger partial charge on any atom is 0.253 e. The van der Waals surface area contributed by atoms with E-state index in [2.05, 4.69) is 11.4 Å². The molecule has 0 spiro atoms. The number of hydrogen-bond donors (Lipinski definition) is 2. The fourth-order valence-electron chi connectivity index (χ4n) is 2.30. The molecule has 0 aliphatic heterocycles. The summed E-state index contributed by atoms with van der Waals surface area (Å²) in [6.07, 6.45) is 2.14. The SMILES string of the molecule is CN(CCO)C(=O)c1cccc(NC(=O)CCCc2cccs2)c1. The molecule has 0 unspecified atom stereocenters. The molecule has 0 fully saturated rings. The highest BCUT2D eigenvalue weighted by atomic mass is 32.1. The second-order valence-electron chi connectivity index (χ2n) is 5.51. The molecule has 2 N–H and O–H groups in total. The lowest BCUT2D eigenvalue weighted by atomic mass is 10.1. The van der Waals surface area contributed by atoms with Crippen LogP contribution in [-0.4, -0.2) is 42.0 Å². The van der Waals surface area contributed by atoms with Crippen molar-refractivity contribution in [1.29, 1.82) is 0 Å². The fourth-order valence-corrected chi connectivity index (χ4v) is 3.05. The van der Waals surface area contributed by atoms with E-state index in [0.717, 1.165) is 12.8 Å². The molecule has 5 nitrogen and oxygen atoms in total. The van der Waals surface area contributed by atoms with Crippen molar-refractivity contribution in [3.05, 3.63) is 52.2 Å². The number of hydrogen-bond acceptors (Lipinski definition) is 4. The van der Waals surface area contributed by atoms with Crippen LogP contribution in [0.1, 0.15) is 28.1 Å². The van der Waals surface area contributed by atoms with E-state index in [1.54, 1.807) is 42.6 Å². The van der Waals surface area contributed by atoms with Gasteiger partial charge in [0.05, 0.1) is 6.61 Å². The van der Waals surface area contributed by atoms with Crippen molar-refractivity contribution >= 4 is 28.8 Å². The third-order valence-electron chi connectivity index (χ3n) is 3.58. The number of thiophene rings is 1. The maximum atomic E-state index is 12.2. The standard InChI is InChI=1S/C18H22N2O3S/c1-20(10-11-21)18(23)14-5-2-6-15(13-14)19-17(22)9-3-7-16-8-4-12-24-16/h2,4-6,8,12-13,21H,3,7,9-11H2,1H3,(H,19,22). The van der Waals surface area contributed by atoms with Crippen LogP contribution in [0.15, 0.2) is 41.8 Å². The molecule has 2 amide bonds. The van der Waals surface area contributed by atoms with Gasteiger partial charge in [-0.3, -0.25) is 9.59 Å². The van der Waals surface area contributed by atoms with Crippen molar-refractivity contribution in [2.75, 3.05) is 25.5 Å². The average molecular weight is 346 g/mol. The number of carbonyl (C=O) groups excluding carboxylic acids is 2. The van der Waals surface area contributed by atoms with E-state index in [0.29, 0.717) is 17.7 Å². The largest absolute Gasteiger partial charge is 0.395 e. The number of benzene rings is 1. The zero-order chi connectivity index (χ0) is 17.4. The summed E-state index contributed by atoms with van der Waals surface area (Å²) in [5.74, 6) is -0.238. The first-order valence-electron chi connectivity index (χ1n) is 7.89. The van der Waals surface area contributed by atoms with Crippen LogP contribution in [0.2, 0.25) is 0 Å². The first-order valence-corrected chi connectivity index (χ1v) is 8.76. The molecule has 0 saturated heterocycles. The molecular formula is C18H22N2O3S. The van der Waals surface area contributed by atoms with Crippen LogP contribution in [0.4, 0.5) is 5.69 Å². The quantitative estimate of drug-likeness (QED) is 0.772. The summed E-state index contributed by atoms with van der Waals surface area (Å²) in [5, 5.41) is 13.8. The van der Waals surface area contributed by atoms with E-state index in [1.165, 1.54) is 9.78 Å². The molecule has 0 aliphatic carbocycles. The molecule has 128 valence electrons. The minimum absolute atomic E-state index is 0.0557. The molecule has 24 heavy (non-hydrogen) atoms. The van der Waals surface area contributed by atoms with Gasteiger partial charge in [-0.25, -0.2) is 0 Å². The van der Waals surface area contributed by atoms with Gasteiger partial charge in [-0.05, 0) is 42.5 Å². The predicted octanol–water partition coefficient (Wildman–Crippen LogP) is 2.77. The molecule has 0 atom stereocenters. The highest BCUT2D eigenvalue weighted by Gasteiger charge is 2.12. The molecule has 2 aromatic rings. The first kappa shape index (κ1) is 18.2. The van der Waals surface area contributed by atoms with Crippen LogP contribution in [0, 0.1) is 0 Å². The predicted molar refractivity (Wildman–Crippen MR) is 96.4 cm³/mol. The topological polar surface area (TPSA) is 69.6 Å². The van der Waals surface area contributed by atoms with Crippen LogP contribution in [0.25, 0.3) is 0 Å². The van der Waals surface area contributed by atoms with Crippen molar-refractivity contribution in [3.63, 3.8) is 0 Å². The number of carbonyl (C=O) groups is 2. The Bertz CT molecular complexity index is 671. The van der Waals surface area contributed by atoms with Crippen molar-refractivity contribution in [2.24, 2.45) is 0 Å². The molecule has 0 saturated carbocycles. The van der Waals surface area contributed by atoms with Gasteiger partial charge in [0.1, 0.15) is 0 Å². The zero-order valence-electron chi connectivity index (χ0n) is 13.7. The zero-order valence-corrected chi connectivity index (χ0v) is 14.5. The lowest BCUT2D eigenvalue weighted by Gasteiger charge is -2.16. The third-order valence-corrected chi connectivity index (χ3v) is 4.52. The Hall–Kier alpha value is -2.18. The first-order chi connectivity index (χ1) is 11.6. The Morgan fingerprint density at radius 1 is 1.25 bits per heavy atom. The van der Waals surface area contributed by atoms with Gasteiger partial charge in [-0.1, -0.05) is 12.1 Å². The number of likely N-dealkylation sites (N-methyl/N-ethyl adjacent to an activating group) is 1. The Kier molecular flexibility index (Phi) is 6.96. The molecule has 0 aliphatic rings. The summed E-state index contributed by atoms with van der Waals surface area (Å²) >= 11 is 1.70. The summed E-state index contributed by atoms with van der Waals surface area (Å²) in [7, 11) is 1.63. The number of anilines is 1. The van der Waals surface area contributed by atoms with E-state index in [-0.39, 0.29) is 25.0 Å². The maximum absolute atomic E-state index is 12.2. The monoisotopic (exact) mass is 346 g/mol. The van der Waals surface area contributed by atoms with Gasteiger partial charge in [0.2, 0.25) is 5.91 Å². The van der Waals surface area contributed by atoms with Gasteiger partial charge >= 0.3 is 0 Å². The van der Waals surface area contributed by atoms with E-state index < -0.39 is 0 Å². The van der Waals surface area contributed by atoms with Crippen LogP contribution < -0.4 is 5.32 Å². The highest BCUT2D eigenvalue weighted by Crippen LogP contribution is 2.15. The number of nitrogens with one attached hydrogen (secondary N) is 1. The Morgan fingerprint density at radius 2 is 2.08 bits per heavy atom. The second-order valence-corrected chi connectivity index (χ2v) is 6.54. The summed E-state index contributed by atoms with van der Waals surface area (Å²) in [4.78, 5) is 26.9. The molecule has 0 radical (unpaired) electrons. The summed E-state index contributed by atoms with van der Waals surface area (Å²) in [5.41, 5.74) is 1.10. The second kappa shape index (κ2) is 9.20. The molecule has 6 heteroatoms. The minimum atomic E-state index is -0.183. The average Bonchev–Trinajstić information content (AvgIpc) is 3.08. The smallest absolute Gasteiger partial charge is 0.253 e. The number of nitrogens with zero attached hydrogens (tertiary/aromatic N) is 1. The lowest BCUT2D eigenvalue weighted by Crippen LogP contribution is -2.29. The normalized spacial score (nSPS) is 10.4. The molecule has 1 heterocycles. The van der Waals surface area contributed by atoms with Crippen molar-refractivity contribution in [1.82, 2.24) is 4.90 Å². The van der Waals surface area contributed by atoms with Gasteiger partial charge in [0.15, 0.2) is 0 Å². The number of aryl methyl sites for hydroxylation is 1. The van der Waals surface area contributed by atoms with Gasteiger partial charge < -0.3 is 15.3 Å². The van der Waals surface area contributed by atoms with Gasteiger partial charge in [0.25, 0.3) is 5.91 Å². The number of aliphatic hydroxyl groups is 1.